The highest BCUT2D eigenvalue weighted by atomic mass is 35.5. The fourth-order valence-corrected chi connectivity index (χ4v) is 1.73. The molecule has 2 amide bonds. The van der Waals surface area contributed by atoms with Crippen molar-refractivity contribution in [3.05, 3.63) is 23.2 Å². The van der Waals surface area contributed by atoms with E-state index in [1.165, 1.54) is 0 Å². The number of anilines is 2. The Morgan fingerprint density at radius 2 is 2.05 bits per heavy atom. The van der Waals surface area contributed by atoms with Gasteiger partial charge < -0.3 is 16.4 Å². The van der Waals surface area contributed by atoms with Gasteiger partial charge in [-0.05, 0) is 25.2 Å². The lowest BCUT2D eigenvalue weighted by atomic mass is 10.3. The van der Waals surface area contributed by atoms with Crippen molar-refractivity contribution in [1.82, 2.24) is 10.2 Å². The molecule has 0 bridgehead atoms. The van der Waals surface area contributed by atoms with E-state index in [0.29, 0.717) is 29.4 Å². The zero-order chi connectivity index (χ0) is 15.1. The van der Waals surface area contributed by atoms with Gasteiger partial charge >= 0.3 is 0 Å². The van der Waals surface area contributed by atoms with Crippen LogP contribution in [0.3, 0.4) is 0 Å². The molecule has 20 heavy (non-hydrogen) atoms. The number of likely N-dealkylation sites (N-methyl/N-ethyl adjacent to an activating group) is 1. The standard InChI is InChI=1S/C13H19ClN4O2/c1-16-12(19)5-6-18(2)8-13(20)17-11-7-9(15)3-4-10(11)14/h3-4,7H,5-6,8,15H2,1-2H3,(H,16,19)(H,17,20). The molecule has 0 fully saturated rings. The third kappa shape index (κ3) is 5.46. The third-order valence-electron chi connectivity index (χ3n) is 2.68. The summed E-state index contributed by atoms with van der Waals surface area (Å²) in [5, 5.41) is 5.65. The van der Waals surface area contributed by atoms with E-state index in [-0.39, 0.29) is 18.4 Å². The van der Waals surface area contributed by atoms with Crippen LogP contribution in [0.4, 0.5) is 11.4 Å². The Balaban J connectivity index is 2.47. The summed E-state index contributed by atoms with van der Waals surface area (Å²) in [6.45, 7) is 0.667. The van der Waals surface area contributed by atoms with E-state index in [9.17, 15) is 9.59 Å². The molecule has 0 spiro atoms. The molecule has 0 aliphatic carbocycles. The third-order valence-corrected chi connectivity index (χ3v) is 3.01. The van der Waals surface area contributed by atoms with Crippen molar-refractivity contribution in [1.29, 1.82) is 0 Å². The fraction of sp³-hybridized carbons (Fsp3) is 0.385. The van der Waals surface area contributed by atoms with Crippen LogP contribution in [-0.4, -0.2) is 43.9 Å². The summed E-state index contributed by atoms with van der Waals surface area (Å²) < 4.78 is 0. The quantitative estimate of drug-likeness (QED) is 0.682. The first kappa shape index (κ1) is 16.3. The predicted octanol–water partition coefficient (Wildman–Crippen LogP) is 0.929. The first-order chi connectivity index (χ1) is 9.42. The molecule has 0 heterocycles. The maximum Gasteiger partial charge on any atom is 0.238 e. The van der Waals surface area contributed by atoms with Crippen LogP contribution < -0.4 is 16.4 Å². The first-order valence-electron chi connectivity index (χ1n) is 6.16. The van der Waals surface area contributed by atoms with Gasteiger partial charge in [-0.3, -0.25) is 14.5 Å². The number of nitrogens with one attached hydrogen (secondary N) is 2. The Morgan fingerprint density at radius 3 is 2.70 bits per heavy atom. The lowest BCUT2D eigenvalue weighted by Crippen LogP contribution is -2.33. The number of nitrogens with zero attached hydrogens (tertiary/aromatic N) is 1. The number of hydrogen-bond acceptors (Lipinski definition) is 4. The van der Waals surface area contributed by atoms with Crippen molar-refractivity contribution in [3.8, 4) is 0 Å². The molecule has 1 aromatic rings. The maximum absolute atomic E-state index is 11.8. The number of carbonyl (C=O) groups is 2. The molecule has 1 aromatic carbocycles. The Bertz CT molecular complexity index is 493. The summed E-state index contributed by atoms with van der Waals surface area (Å²) in [5.74, 6) is -0.270. The van der Waals surface area contributed by atoms with E-state index in [4.69, 9.17) is 17.3 Å². The SMILES string of the molecule is CNC(=O)CCN(C)CC(=O)Nc1cc(N)ccc1Cl. The molecule has 0 unspecified atom stereocenters. The van der Waals surface area contributed by atoms with Gasteiger partial charge in [-0.15, -0.1) is 0 Å². The Morgan fingerprint density at radius 1 is 1.35 bits per heavy atom. The molecule has 6 nitrogen and oxygen atoms in total. The van der Waals surface area contributed by atoms with Crippen molar-refractivity contribution < 1.29 is 9.59 Å². The molecule has 0 atom stereocenters. The largest absolute Gasteiger partial charge is 0.399 e. The highest BCUT2D eigenvalue weighted by molar-refractivity contribution is 6.33. The molecule has 4 N–H and O–H groups in total. The Hall–Kier alpha value is -1.79. The van der Waals surface area contributed by atoms with E-state index < -0.39 is 0 Å². The number of amides is 2. The number of nitrogens with two attached hydrogens (primary N) is 1. The van der Waals surface area contributed by atoms with Gasteiger partial charge in [0.05, 0.1) is 17.3 Å². The van der Waals surface area contributed by atoms with E-state index in [0.717, 1.165) is 0 Å². The molecule has 0 aromatic heterocycles. The number of nitrogen functional groups attached to an aromatic ring is 1. The fourth-order valence-electron chi connectivity index (χ4n) is 1.57. The van der Waals surface area contributed by atoms with E-state index in [2.05, 4.69) is 10.6 Å². The van der Waals surface area contributed by atoms with Crippen LogP contribution >= 0.6 is 11.6 Å². The summed E-state index contributed by atoms with van der Waals surface area (Å²) in [6.07, 6.45) is 0.347. The molecule has 0 saturated carbocycles. The molecular formula is C13H19ClN4O2. The zero-order valence-electron chi connectivity index (χ0n) is 11.6. The van der Waals surface area contributed by atoms with Gasteiger partial charge in [-0.25, -0.2) is 0 Å². The topological polar surface area (TPSA) is 87.5 Å². The first-order valence-corrected chi connectivity index (χ1v) is 6.54. The minimum absolute atomic E-state index is 0.0591. The molecule has 110 valence electrons. The van der Waals surface area contributed by atoms with Crippen molar-refractivity contribution >= 4 is 34.8 Å². The number of carbonyl (C=O) groups excluding carboxylic acids is 2. The summed E-state index contributed by atoms with van der Waals surface area (Å²) in [4.78, 5) is 24.7. The smallest absolute Gasteiger partial charge is 0.238 e. The zero-order valence-corrected chi connectivity index (χ0v) is 12.3. The monoisotopic (exact) mass is 298 g/mol. The Labute approximate surface area is 123 Å². The average Bonchev–Trinajstić information content (AvgIpc) is 2.40. The van der Waals surface area contributed by atoms with Crippen LogP contribution in [0.5, 0.6) is 0 Å². The highest BCUT2D eigenvalue weighted by Crippen LogP contribution is 2.23. The minimum atomic E-state index is -0.211. The molecule has 0 aliphatic heterocycles. The van der Waals surface area contributed by atoms with Crippen LogP contribution in [-0.2, 0) is 9.59 Å². The summed E-state index contributed by atoms with van der Waals surface area (Å²) in [5.41, 5.74) is 6.64. The van der Waals surface area contributed by atoms with Crippen molar-refractivity contribution in [2.75, 3.05) is 38.2 Å². The number of halogens is 1. The molecular weight excluding hydrogens is 280 g/mol. The predicted molar refractivity (Wildman–Crippen MR) is 80.7 cm³/mol. The van der Waals surface area contributed by atoms with Crippen LogP contribution in [0.15, 0.2) is 18.2 Å². The second kappa shape index (κ2) is 7.72. The van der Waals surface area contributed by atoms with Crippen LogP contribution in [0.25, 0.3) is 0 Å². The number of hydrogen-bond donors (Lipinski definition) is 3. The van der Waals surface area contributed by atoms with E-state index in [1.54, 1.807) is 37.2 Å². The molecule has 1 rings (SSSR count). The van der Waals surface area contributed by atoms with Crippen LogP contribution in [0, 0.1) is 0 Å². The van der Waals surface area contributed by atoms with Gasteiger partial charge in [0.25, 0.3) is 0 Å². The van der Waals surface area contributed by atoms with Crippen molar-refractivity contribution in [3.63, 3.8) is 0 Å². The second-order valence-corrected chi connectivity index (χ2v) is 4.86. The van der Waals surface area contributed by atoms with Gasteiger partial charge in [0.2, 0.25) is 11.8 Å². The van der Waals surface area contributed by atoms with Gasteiger partial charge in [0.1, 0.15) is 0 Å². The summed E-state index contributed by atoms with van der Waals surface area (Å²) in [7, 11) is 3.35. The number of benzene rings is 1. The highest BCUT2D eigenvalue weighted by Gasteiger charge is 2.10. The summed E-state index contributed by atoms with van der Waals surface area (Å²) >= 11 is 5.96. The van der Waals surface area contributed by atoms with Gasteiger partial charge in [0, 0.05) is 25.7 Å². The van der Waals surface area contributed by atoms with E-state index in [1.807, 2.05) is 0 Å². The minimum Gasteiger partial charge on any atom is -0.399 e. The maximum atomic E-state index is 11.8. The number of rotatable bonds is 6. The van der Waals surface area contributed by atoms with Crippen molar-refractivity contribution in [2.24, 2.45) is 0 Å². The van der Waals surface area contributed by atoms with Gasteiger partial charge in [-0.1, -0.05) is 11.6 Å². The lowest BCUT2D eigenvalue weighted by molar-refractivity contribution is -0.122. The van der Waals surface area contributed by atoms with Crippen LogP contribution in [0.2, 0.25) is 5.02 Å². The van der Waals surface area contributed by atoms with Crippen molar-refractivity contribution in [2.45, 2.75) is 6.42 Å². The van der Waals surface area contributed by atoms with Gasteiger partial charge in [-0.2, -0.15) is 0 Å². The lowest BCUT2D eigenvalue weighted by Gasteiger charge is -2.16. The molecule has 0 aliphatic rings. The van der Waals surface area contributed by atoms with Gasteiger partial charge in [0.15, 0.2) is 0 Å². The van der Waals surface area contributed by atoms with E-state index >= 15 is 0 Å². The normalized spacial score (nSPS) is 10.4. The summed E-state index contributed by atoms with van der Waals surface area (Å²) in [6, 6.07) is 4.89. The molecule has 0 radical (unpaired) electrons. The second-order valence-electron chi connectivity index (χ2n) is 4.45. The molecule has 7 heteroatoms. The van der Waals surface area contributed by atoms with Crippen LogP contribution in [0.1, 0.15) is 6.42 Å². The molecule has 0 saturated heterocycles. The average molecular weight is 299 g/mol. The Kier molecular flexibility index (Phi) is 6.27.